The van der Waals surface area contributed by atoms with Crippen molar-refractivity contribution < 1.29 is 16.5 Å². The molecule has 3 heteroatoms. The van der Waals surface area contributed by atoms with Gasteiger partial charge in [0.25, 0.3) is 0 Å². The molecule has 0 atom stereocenters. The zero-order chi connectivity index (χ0) is 15.5. The number of unbranched alkanes of at least 4 members (excludes halogenated alkanes) is 3. The van der Waals surface area contributed by atoms with Crippen LogP contribution in [0.5, 0.6) is 0 Å². The second-order valence-corrected chi connectivity index (χ2v) is 5.34. The van der Waals surface area contributed by atoms with Gasteiger partial charge in [0.1, 0.15) is 0 Å². The molecule has 0 aliphatic heterocycles. The molecule has 2 aromatic rings. The van der Waals surface area contributed by atoms with Crippen LogP contribution in [0.4, 0.5) is 11.4 Å². The van der Waals surface area contributed by atoms with Crippen LogP contribution < -0.4 is 0 Å². The van der Waals surface area contributed by atoms with E-state index in [1.807, 2.05) is 66.9 Å². The molecule has 0 radical (unpaired) electrons. The maximum absolute atomic E-state index is 4.74. The molecule has 2 rings (SSSR count). The van der Waals surface area contributed by atoms with E-state index in [9.17, 15) is 0 Å². The Kier molecular flexibility index (Phi) is 9.90. The third-order valence-corrected chi connectivity index (χ3v) is 3.43. The Morgan fingerprint density at radius 2 is 1.43 bits per heavy atom. The fourth-order valence-corrected chi connectivity index (χ4v) is 2.21. The third-order valence-electron chi connectivity index (χ3n) is 3.43. The molecule has 0 saturated carbocycles. The van der Waals surface area contributed by atoms with Crippen LogP contribution in [0.3, 0.4) is 0 Å². The Morgan fingerprint density at radius 3 is 2.04 bits per heavy atom. The van der Waals surface area contributed by atoms with Crippen LogP contribution in [0.25, 0.3) is 0 Å². The average molecular weight is 351 g/mol. The predicted octanol–water partition coefficient (Wildman–Crippen LogP) is 6.13. The molecule has 0 N–H and O–H groups in total. The molecule has 0 fully saturated rings. The summed E-state index contributed by atoms with van der Waals surface area (Å²) in [6.45, 7) is 2.23. The van der Waals surface area contributed by atoms with Crippen molar-refractivity contribution in [2.45, 2.75) is 39.0 Å². The van der Waals surface area contributed by atoms with Gasteiger partial charge in [-0.1, -0.05) is 62.6 Å². The predicted molar refractivity (Wildman–Crippen MR) is 96.9 cm³/mol. The van der Waals surface area contributed by atoms with Crippen molar-refractivity contribution in [3.8, 4) is 0 Å². The van der Waals surface area contributed by atoms with Crippen LogP contribution in [0.15, 0.2) is 70.6 Å². The van der Waals surface area contributed by atoms with Crippen LogP contribution >= 0.6 is 0 Å². The molecule has 0 aliphatic rings. The summed E-state index contributed by atoms with van der Waals surface area (Å²) in [6, 6.07) is 20.1. The summed E-state index contributed by atoms with van der Waals surface area (Å²) >= 11 is 0. The number of aliphatic imine (C=N–C) groups is 2. The summed E-state index contributed by atoms with van der Waals surface area (Å²) in [6.07, 6.45) is 7.85. The summed E-state index contributed by atoms with van der Waals surface area (Å²) in [5.74, 6) is 0. The largest absolute Gasteiger partial charge is 0.255 e. The van der Waals surface area contributed by atoms with Crippen molar-refractivity contribution in [2.24, 2.45) is 9.98 Å². The Balaban J connectivity index is 0.00000264. The second kappa shape index (κ2) is 11.8. The van der Waals surface area contributed by atoms with E-state index >= 15 is 0 Å². The SMILES string of the molecule is CCCCCCC(C=Nc1ccccc1)=Nc1ccccc1.[Ni]. The minimum Gasteiger partial charge on any atom is -0.255 e. The maximum Gasteiger partial charge on any atom is 0.0633 e. The van der Waals surface area contributed by atoms with Crippen molar-refractivity contribution >= 4 is 23.3 Å². The van der Waals surface area contributed by atoms with E-state index < -0.39 is 0 Å². The molecule has 0 spiro atoms. The van der Waals surface area contributed by atoms with Gasteiger partial charge in [-0.05, 0) is 37.1 Å². The van der Waals surface area contributed by atoms with Crippen molar-refractivity contribution in [1.29, 1.82) is 0 Å². The zero-order valence-electron chi connectivity index (χ0n) is 13.6. The third kappa shape index (κ3) is 7.90. The van der Waals surface area contributed by atoms with Gasteiger partial charge in [0.2, 0.25) is 0 Å². The molecular weight excluding hydrogens is 327 g/mol. The van der Waals surface area contributed by atoms with Gasteiger partial charge in [-0.25, -0.2) is 0 Å². The normalized spacial score (nSPS) is 11.4. The van der Waals surface area contributed by atoms with Crippen molar-refractivity contribution in [1.82, 2.24) is 0 Å². The number of benzene rings is 2. The van der Waals surface area contributed by atoms with Gasteiger partial charge in [-0.3, -0.25) is 9.98 Å². The summed E-state index contributed by atoms with van der Waals surface area (Å²) in [4.78, 5) is 9.28. The van der Waals surface area contributed by atoms with Crippen LogP contribution in [0.1, 0.15) is 39.0 Å². The number of rotatable bonds is 8. The van der Waals surface area contributed by atoms with Gasteiger partial charge in [-0.2, -0.15) is 0 Å². The fourth-order valence-electron chi connectivity index (χ4n) is 2.21. The molecule has 0 bridgehead atoms. The van der Waals surface area contributed by atoms with Gasteiger partial charge < -0.3 is 0 Å². The molecular formula is C20H24N2Ni. The summed E-state index contributed by atoms with van der Waals surface area (Å²) in [7, 11) is 0. The molecule has 0 heterocycles. The number of nitrogens with zero attached hydrogens (tertiary/aromatic N) is 2. The van der Waals surface area contributed by atoms with E-state index in [2.05, 4.69) is 11.9 Å². The monoisotopic (exact) mass is 350 g/mol. The second-order valence-electron chi connectivity index (χ2n) is 5.34. The summed E-state index contributed by atoms with van der Waals surface area (Å²) in [5, 5.41) is 0. The van der Waals surface area contributed by atoms with Crippen molar-refractivity contribution in [2.75, 3.05) is 0 Å². The molecule has 124 valence electrons. The van der Waals surface area contributed by atoms with Gasteiger partial charge in [0.15, 0.2) is 0 Å². The van der Waals surface area contributed by atoms with Crippen LogP contribution in [-0.2, 0) is 16.5 Å². The van der Waals surface area contributed by atoms with Gasteiger partial charge >= 0.3 is 0 Å². The topological polar surface area (TPSA) is 24.7 Å². The Hall–Kier alpha value is -1.73. The van der Waals surface area contributed by atoms with E-state index in [4.69, 9.17) is 4.99 Å². The Bertz CT molecular complexity index is 592. The first-order valence-corrected chi connectivity index (χ1v) is 8.10. The number of hydrogen-bond donors (Lipinski definition) is 0. The Morgan fingerprint density at radius 1 is 0.826 bits per heavy atom. The average Bonchev–Trinajstić information content (AvgIpc) is 2.58. The molecule has 2 aromatic carbocycles. The first kappa shape index (κ1) is 19.3. The standard InChI is InChI=1S/C20H24N2.Ni/c1-2-3-4-7-16-20(22-19-14-10-6-11-15-19)17-21-18-12-8-5-9-13-18;/h5-6,8-15,17H,2-4,7,16H2,1H3;. The summed E-state index contributed by atoms with van der Waals surface area (Å²) < 4.78 is 0. The van der Waals surface area contributed by atoms with Crippen LogP contribution in [0, 0.1) is 0 Å². The molecule has 0 amide bonds. The minimum atomic E-state index is 0. The van der Waals surface area contributed by atoms with E-state index in [1.54, 1.807) is 0 Å². The molecule has 0 saturated heterocycles. The van der Waals surface area contributed by atoms with E-state index in [-0.39, 0.29) is 16.5 Å². The van der Waals surface area contributed by atoms with Crippen LogP contribution in [0.2, 0.25) is 0 Å². The van der Waals surface area contributed by atoms with Gasteiger partial charge in [-0.15, -0.1) is 0 Å². The quantitative estimate of drug-likeness (QED) is 0.311. The first-order valence-electron chi connectivity index (χ1n) is 8.10. The summed E-state index contributed by atoms with van der Waals surface area (Å²) in [5.41, 5.74) is 3.01. The van der Waals surface area contributed by atoms with E-state index in [1.165, 1.54) is 25.7 Å². The maximum atomic E-state index is 4.74. The minimum absolute atomic E-state index is 0. The molecule has 0 aromatic heterocycles. The van der Waals surface area contributed by atoms with Crippen molar-refractivity contribution in [3.05, 3.63) is 60.7 Å². The number of para-hydroxylation sites is 2. The molecule has 23 heavy (non-hydrogen) atoms. The number of hydrogen-bond acceptors (Lipinski definition) is 2. The smallest absolute Gasteiger partial charge is 0.0633 e. The van der Waals surface area contributed by atoms with Crippen molar-refractivity contribution in [3.63, 3.8) is 0 Å². The van der Waals surface area contributed by atoms with Gasteiger partial charge in [0.05, 0.1) is 17.1 Å². The molecule has 0 unspecified atom stereocenters. The molecule has 0 aliphatic carbocycles. The van der Waals surface area contributed by atoms with Crippen LogP contribution in [-0.4, -0.2) is 11.9 Å². The Labute approximate surface area is 149 Å². The van der Waals surface area contributed by atoms with E-state index in [0.29, 0.717) is 0 Å². The fraction of sp³-hybridized carbons (Fsp3) is 0.300. The molecule has 2 nitrogen and oxygen atoms in total. The van der Waals surface area contributed by atoms with E-state index in [0.717, 1.165) is 23.5 Å². The first-order chi connectivity index (χ1) is 10.9. The van der Waals surface area contributed by atoms with Gasteiger partial charge in [0, 0.05) is 22.7 Å². The zero-order valence-corrected chi connectivity index (χ0v) is 14.6.